The second kappa shape index (κ2) is 9.36. The van der Waals surface area contributed by atoms with Crippen LogP contribution in [-0.2, 0) is 8.85 Å². The van der Waals surface area contributed by atoms with E-state index in [9.17, 15) is 0 Å². The molecule has 4 aliphatic rings. The van der Waals surface area contributed by atoms with Gasteiger partial charge < -0.3 is 8.85 Å². The molecule has 0 aromatic heterocycles. The van der Waals surface area contributed by atoms with E-state index >= 15 is 0 Å². The Morgan fingerprint density at radius 2 is 1.00 bits per heavy atom. The van der Waals surface area contributed by atoms with Gasteiger partial charge in [-0.15, -0.1) is 0 Å². The summed E-state index contributed by atoms with van der Waals surface area (Å²) in [5, 5.41) is 0. The van der Waals surface area contributed by atoms with Gasteiger partial charge in [0.25, 0.3) is 0 Å². The SMILES string of the molecule is CO[Si](OC)(N1CCCC2CC(C)C(C)C(C)C21)N1CCCC2CC(C)C(C)C(C)C21. The summed E-state index contributed by atoms with van der Waals surface area (Å²) in [6.07, 6.45) is 8.11. The molecule has 31 heavy (non-hydrogen) atoms. The van der Waals surface area contributed by atoms with Crippen LogP contribution in [-0.4, -0.2) is 57.4 Å². The molecule has 10 atom stereocenters. The van der Waals surface area contributed by atoms with Gasteiger partial charge in [-0.05, 0) is 99.0 Å². The Morgan fingerprint density at radius 1 is 0.613 bits per heavy atom. The first kappa shape index (κ1) is 24.2. The minimum Gasteiger partial charge on any atom is -0.374 e. The molecule has 0 aromatic carbocycles. The molecule has 2 aliphatic heterocycles. The summed E-state index contributed by atoms with van der Waals surface area (Å²) in [4.78, 5) is 0. The summed E-state index contributed by atoms with van der Waals surface area (Å²) in [5.41, 5.74) is 0. The molecule has 0 aromatic rings. The van der Waals surface area contributed by atoms with Gasteiger partial charge in [-0.2, -0.15) is 0 Å². The van der Waals surface area contributed by atoms with Gasteiger partial charge in [-0.1, -0.05) is 41.5 Å². The molecule has 10 unspecified atom stereocenters. The van der Waals surface area contributed by atoms with Crippen LogP contribution in [0, 0.1) is 47.3 Å². The highest BCUT2D eigenvalue weighted by Gasteiger charge is 2.61. The van der Waals surface area contributed by atoms with Crippen molar-refractivity contribution >= 4 is 8.88 Å². The number of hydrogen-bond acceptors (Lipinski definition) is 4. The molecule has 0 amide bonds. The average Bonchev–Trinajstić information content (AvgIpc) is 2.77. The molecule has 2 saturated heterocycles. The molecule has 5 heteroatoms. The fourth-order valence-corrected chi connectivity index (χ4v) is 12.5. The van der Waals surface area contributed by atoms with Crippen LogP contribution in [0.1, 0.15) is 80.1 Å². The molecule has 4 nitrogen and oxygen atoms in total. The fourth-order valence-electron chi connectivity index (χ4n) is 8.56. The molecule has 2 heterocycles. The van der Waals surface area contributed by atoms with Crippen molar-refractivity contribution in [1.82, 2.24) is 9.13 Å². The van der Waals surface area contributed by atoms with Crippen molar-refractivity contribution < 1.29 is 8.85 Å². The number of piperidine rings is 2. The second-order valence-electron chi connectivity index (χ2n) is 12.0. The van der Waals surface area contributed by atoms with Gasteiger partial charge in [0.05, 0.1) is 0 Å². The summed E-state index contributed by atoms with van der Waals surface area (Å²) in [6.45, 7) is 17.3. The predicted molar refractivity (Wildman–Crippen MR) is 130 cm³/mol. The quantitative estimate of drug-likeness (QED) is 0.528. The maximum absolute atomic E-state index is 6.65. The van der Waals surface area contributed by atoms with Gasteiger partial charge in [-0.25, -0.2) is 0 Å². The van der Waals surface area contributed by atoms with Crippen LogP contribution in [0.2, 0.25) is 0 Å². The van der Waals surface area contributed by atoms with Crippen molar-refractivity contribution in [2.24, 2.45) is 47.3 Å². The minimum atomic E-state index is -2.68. The maximum atomic E-state index is 6.65. The highest BCUT2D eigenvalue weighted by molar-refractivity contribution is 6.61. The molecule has 0 radical (unpaired) electrons. The van der Waals surface area contributed by atoms with E-state index in [1.165, 1.54) is 38.5 Å². The first-order chi connectivity index (χ1) is 14.8. The average molecular weight is 451 g/mol. The van der Waals surface area contributed by atoms with Crippen LogP contribution in [0.15, 0.2) is 0 Å². The summed E-state index contributed by atoms with van der Waals surface area (Å²) in [7, 11) is 1.24. The first-order valence-corrected chi connectivity index (χ1v) is 15.1. The van der Waals surface area contributed by atoms with Gasteiger partial charge in [0.1, 0.15) is 0 Å². The lowest BCUT2D eigenvalue weighted by Crippen LogP contribution is -2.78. The lowest BCUT2D eigenvalue weighted by molar-refractivity contribution is -0.0609. The van der Waals surface area contributed by atoms with Crippen LogP contribution >= 0.6 is 0 Å². The lowest BCUT2D eigenvalue weighted by atomic mass is 9.64. The van der Waals surface area contributed by atoms with Crippen LogP contribution < -0.4 is 0 Å². The molecule has 4 rings (SSSR count). The van der Waals surface area contributed by atoms with E-state index in [4.69, 9.17) is 8.85 Å². The third kappa shape index (κ3) is 3.88. The molecular weight excluding hydrogens is 400 g/mol. The van der Waals surface area contributed by atoms with Gasteiger partial charge >= 0.3 is 8.88 Å². The van der Waals surface area contributed by atoms with Crippen LogP contribution in [0.25, 0.3) is 0 Å². The fraction of sp³-hybridized carbons (Fsp3) is 1.00. The van der Waals surface area contributed by atoms with Crippen LogP contribution in [0.3, 0.4) is 0 Å². The summed E-state index contributed by atoms with van der Waals surface area (Å²) >= 11 is 0. The van der Waals surface area contributed by atoms with Gasteiger partial charge in [0.15, 0.2) is 0 Å². The lowest BCUT2D eigenvalue weighted by Gasteiger charge is -2.61. The largest absolute Gasteiger partial charge is 0.522 e. The smallest absolute Gasteiger partial charge is 0.374 e. The third-order valence-corrected chi connectivity index (χ3v) is 14.3. The van der Waals surface area contributed by atoms with Crippen molar-refractivity contribution in [3.8, 4) is 0 Å². The molecular formula is C26H50N2O2Si. The molecule has 2 aliphatic carbocycles. The Bertz CT molecular complexity index is 562. The monoisotopic (exact) mass is 450 g/mol. The highest BCUT2D eigenvalue weighted by atomic mass is 28.4. The van der Waals surface area contributed by atoms with Crippen molar-refractivity contribution in [3.63, 3.8) is 0 Å². The summed E-state index contributed by atoms with van der Waals surface area (Å²) < 4.78 is 19.0. The van der Waals surface area contributed by atoms with Crippen LogP contribution in [0.5, 0.6) is 0 Å². The van der Waals surface area contributed by atoms with E-state index in [2.05, 4.69) is 50.7 Å². The molecule has 4 fully saturated rings. The third-order valence-electron chi connectivity index (χ3n) is 10.8. The zero-order valence-electron chi connectivity index (χ0n) is 21.6. The van der Waals surface area contributed by atoms with Gasteiger partial charge in [0.2, 0.25) is 0 Å². The van der Waals surface area contributed by atoms with E-state index < -0.39 is 8.88 Å². The van der Waals surface area contributed by atoms with Crippen molar-refractivity contribution in [1.29, 1.82) is 0 Å². The number of fused-ring (bicyclic) bond motifs is 2. The number of rotatable bonds is 4. The molecule has 0 bridgehead atoms. The molecule has 0 spiro atoms. The minimum absolute atomic E-state index is 0.613. The Balaban J connectivity index is 1.71. The molecule has 0 N–H and O–H groups in total. The van der Waals surface area contributed by atoms with Crippen LogP contribution in [0.4, 0.5) is 0 Å². The molecule has 180 valence electrons. The Kier molecular flexibility index (Phi) is 7.31. The van der Waals surface area contributed by atoms with E-state index in [1.54, 1.807) is 0 Å². The van der Waals surface area contributed by atoms with Crippen molar-refractivity contribution in [2.75, 3.05) is 27.3 Å². The van der Waals surface area contributed by atoms with Crippen molar-refractivity contribution in [2.45, 2.75) is 92.2 Å². The Hall–Kier alpha value is 0.0569. The topological polar surface area (TPSA) is 24.9 Å². The normalized spacial score (nSPS) is 47.6. The van der Waals surface area contributed by atoms with E-state index in [1.807, 2.05) is 14.2 Å². The maximum Gasteiger partial charge on any atom is 0.522 e. The highest BCUT2D eigenvalue weighted by Crippen LogP contribution is 2.50. The predicted octanol–water partition coefficient (Wildman–Crippen LogP) is 5.50. The zero-order valence-corrected chi connectivity index (χ0v) is 22.6. The van der Waals surface area contributed by atoms with Crippen molar-refractivity contribution in [3.05, 3.63) is 0 Å². The summed E-state index contributed by atoms with van der Waals surface area (Å²) in [5.74, 6) is 6.21. The van der Waals surface area contributed by atoms with E-state index in [0.717, 1.165) is 48.6 Å². The Morgan fingerprint density at radius 3 is 1.35 bits per heavy atom. The van der Waals surface area contributed by atoms with Gasteiger partial charge in [-0.3, -0.25) is 9.13 Å². The number of nitrogens with zero attached hydrogens (tertiary/aromatic N) is 2. The number of hydrogen-bond donors (Lipinski definition) is 0. The second-order valence-corrected chi connectivity index (χ2v) is 15.1. The zero-order chi connectivity index (χ0) is 22.5. The standard InChI is InChI=1S/C26H50N2O2Si/c1-17-15-23-11-9-13-27(25(23)21(5)19(17)3)31(29-7,30-8)28-14-10-12-24-16-18(2)20(4)22(6)26(24)28/h17-26H,9-16H2,1-8H3. The van der Waals surface area contributed by atoms with E-state index in [0.29, 0.717) is 23.9 Å². The Labute approximate surface area is 193 Å². The molecule has 2 saturated carbocycles. The van der Waals surface area contributed by atoms with E-state index in [-0.39, 0.29) is 0 Å². The van der Waals surface area contributed by atoms with Gasteiger partial charge in [0, 0.05) is 26.3 Å². The first-order valence-electron chi connectivity index (χ1n) is 13.4. The summed E-state index contributed by atoms with van der Waals surface area (Å²) in [6, 6.07) is 1.23.